The van der Waals surface area contributed by atoms with Crippen LogP contribution < -0.4 is 15.5 Å². The molecule has 3 aromatic rings. The van der Waals surface area contributed by atoms with Crippen LogP contribution in [0.1, 0.15) is 124 Å². The number of amides is 6. The number of nitrogens with one attached hydrogen (secondary N) is 2. The van der Waals surface area contributed by atoms with Crippen LogP contribution in [0, 0.1) is 23.7 Å². The lowest BCUT2D eigenvalue weighted by Crippen LogP contribution is -2.60. The summed E-state index contributed by atoms with van der Waals surface area (Å²) in [6.07, 6.45) is 2.18. The first kappa shape index (κ1) is 65.5. The summed E-state index contributed by atoms with van der Waals surface area (Å²) in [5.74, 6) is -2.92. The number of aliphatic hydroxyl groups excluding tert-OH is 1. The SMILES string of the molecule is CC[C@H](C)[C@@H]([C@@H](CC(=O)N1CCC[C@H]1[C@H](OC)[C@@H](C)C(=O)N[C@H](C)[C@@H](O)c1ccccc1)OC)N(C)C(=O)[C@@H](NC(=O)[C@H](C(C)C)N(C)C(=O)OCc1ccc(N(C)C(=O)O[C@H]2CCCC[C@@H]2SSc2ccccc2)cc1)C(C)C. The van der Waals surface area contributed by atoms with Crippen LogP contribution in [0.15, 0.2) is 89.8 Å². The first-order valence-corrected chi connectivity index (χ1v) is 30.6. The number of carbonyl (C=O) groups is 6. The molecule has 17 nitrogen and oxygen atoms in total. The van der Waals surface area contributed by atoms with Crippen LogP contribution in [-0.4, -0.2) is 151 Å². The maximum Gasteiger partial charge on any atom is 0.414 e. The Bertz CT molecular complexity index is 2440. The molecule has 0 spiro atoms. The van der Waals surface area contributed by atoms with Gasteiger partial charge in [0.2, 0.25) is 23.6 Å². The zero-order valence-corrected chi connectivity index (χ0v) is 51.0. The van der Waals surface area contributed by atoms with E-state index in [2.05, 4.69) is 22.8 Å². The number of benzene rings is 3. The van der Waals surface area contributed by atoms with Crippen molar-refractivity contribution in [3.05, 3.63) is 96.1 Å². The number of aliphatic hydroxyl groups is 1. The van der Waals surface area contributed by atoms with Gasteiger partial charge in [0.15, 0.2) is 0 Å². The van der Waals surface area contributed by atoms with Crippen LogP contribution in [0.2, 0.25) is 0 Å². The average molecular weight is 1150 g/mol. The highest BCUT2D eigenvalue weighted by atomic mass is 33.1. The molecule has 19 heteroatoms. The second kappa shape index (κ2) is 31.8. The third-order valence-corrected chi connectivity index (χ3v) is 18.9. The Balaban J connectivity index is 1.18. The first-order valence-electron chi connectivity index (χ1n) is 28.4. The lowest BCUT2D eigenvalue weighted by molar-refractivity contribution is -0.148. The number of methoxy groups -OCH3 is 2. The van der Waals surface area contributed by atoms with Gasteiger partial charge in [0, 0.05) is 52.5 Å². The molecular formula is C61H90N6O11S2. The number of ether oxygens (including phenoxy) is 4. The summed E-state index contributed by atoms with van der Waals surface area (Å²) in [7, 11) is 11.4. The summed E-state index contributed by atoms with van der Waals surface area (Å²) in [6, 6.07) is 22.8. The molecule has 1 aliphatic carbocycles. The fraction of sp³-hybridized carbons (Fsp3) is 0.607. The molecule has 0 aromatic heterocycles. The smallest absolute Gasteiger partial charge is 0.414 e. The Morgan fingerprint density at radius 1 is 0.738 bits per heavy atom. The molecular weight excluding hydrogens is 1060 g/mol. The van der Waals surface area contributed by atoms with E-state index in [0.717, 1.165) is 30.6 Å². The van der Waals surface area contributed by atoms with E-state index >= 15 is 0 Å². The average Bonchev–Trinajstić information content (AvgIpc) is 3.96. The van der Waals surface area contributed by atoms with Gasteiger partial charge in [0.05, 0.1) is 54.0 Å². The predicted octanol–water partition coefficient (Wildman–Crippen LogP) is 9.90. The molecule has 0 bridgehead atoms. The highest BCUT2D eigenvalue weighted by molar-refractivity contribution is 8.77. The normalized spacial score (nSPS) is 19.8. The summed E-state index contributed by atoms with van der Waals surface area (Å²) >= 11 is 0. The van der Waals surface area contributed by atoms with Crippen molar-refractivity contribution in [2.75, 3.05) is 46.8 Å². The second-order valence-electron chi connectivity index (χ2n) is 22.3. The highest BCUT2D eigenvalue weighted by Gasteiger charge is 2.44. The summed E-state index contributed by atoms with van der Waals surface area (Å²) in [6.45, 7) is 15.2. The van der Waals surface area contributed by atoms with Gasteiger partial charge in [-0.15, -0.1) is 0 Å². The molecule has 3 N–H and O–H groups in total. The van der Waals surface area contributed by atoms with Crippen molar-refractivity contribution in [1.29, 1.82) is 0 Å². The lowest BCUT2D eigenvalue weighted by Gasteiger charge is -2.41. The molecule has 442 valence electrons. The number of likely N-dealkylation sites (N-methyl/N-ethyl adjacent to an activating group) is 2. The number of hydrogen-bond acceptors (Lipinski definition) is 13. The lowest BCUT2D eigenvalue weighted by atomic mass is 9.89. The number of rotatable bonds is 27. The second-order valence-corrected chi connectivity index (χ2v) is 24.8. The molecule has 6 amide bonds. The van der Waals surface area contributed by atoms with Crippen molar-refractivity contribution < 1.29 is 52.8 Å². The zero-order chi connectivity index (χ0) is 58.8. The zero-order valence-electron chi connectivity index (χ0n) is 49.4. The van der Waals surface area contributed by atoms with Gasteiger partial charge in [-0.2, -0.15) is 0 Å². The van der Waals surface area contributed by atoms with E-state index in [1.54, 1.807) is 95.7 Å². The molecule has 1 saturated heterocycles. The van der Waals surface area contributed by atoms with Crippen LogP contribution in [0.5, 0.6) is 0 Å². The number of likely N-dealkylation sites (tertiary alicyclic amines) is 1. The Morgan fingerprint density at radius 2 is 1.38 bits per heavy atom. The molecule has 2 fully saturated rings. The summed E-state index contributed by atoms with van der Waals surface area (Å²) in [5.41, 5.74) is 1.98. The van der Waals surface area contributed by atoms with Crippen LogP contribution in [0.25, 0.3) is 0 Å². The van der Waals surface area contributed by atoms with Gasteiger partial charge >= 0.3 is 12.2 Å². The van der Waals surface area contributed by atoms with E-state index in [9.17, 15) is 33.9 Å². The Kier molecular flexibility index (Phi) is 26.0. The number of carbonyl (C=O) groups excluding carboxylic acids is 6. The van der Waals surface area contributed by atoms with Gasteiger partial charge in [0.1, 0.15) is 24.8 Å². The van der Waals surface area contributed by atoms with Crippen molar-refractivity contribution >= 4 is 63.1 Å². The molecule has 1 aliphatic heterocycles. The van der Waals surface area contributed by atoms with Crippen molar-refractivity contribution in [1.82, 2.24) is 25.3 Å². The van der Waals surface area contributed by atoms with Crippen molar-refractivity contribution in [3.63, 3.8) is 0 Å². The van der Waals surface area contributed by atoms with Gasteiger partial charge in [-0.25, -0.2) is 9.59 Å². The first-order chi connectivity index (χ1) is 38.1. The molecule has 1 saturated carbocycles. The molecule has 5 rings (SSSR count). The van der Waals surface area contributed by atoms with Crippen molar-refractivity contribution in [2.24, 2.45) is 23.7 Å². The van der Waals surface area contributed by atoms with Gasteiger partial charge in [-0.05, 0) is 92.2 Å². The molecule has 0 radical (unpaired) electrons. The van der Waals surface area contributed by atoms with E-state index < -0.39 is 72.5 Å². The monoisotopic (exact) mass is 1150 g/mol. The predicted molar refractivity (Wildman–Crippen MR) is 316 cm³/mol. The molecule has 2 aliphatic rings. The number of anilines is 1. The Labute approximate surface area is 483 Å². The Morgan fingerprint density at radius 3 is 1.98 bits per heavy atom. The summed E-state index contributed by atoms with van der Waals surface area (Å²) < 4.78 is 23.9. The van der Waals surface area contributed by atoms with Gasteiger partial charge in [0.25, 0.3) is 0 Å². The summed E-state index contributed by atoms with van der Waals surface area (Å²) in [5, 5.41) is 17.1. The van der Waals surface area contributed by atoms with E-state index in [1.807, 2.05) is 77.9 Å². The van der Waals surface area contributed by atoms with E-state index in [0.29, 0.717) is 42.6 Å². The molecule has 12 atom stereocenters. The molecule has 3 aromatic carbocycles. The van der Waals surface area contributed by atoms with Crippen LogP contribution in [0.3, 0.4) is 0 Å². The minimum Gasteiger partial charge on any atom is -0.445 e. The maximum atomic E-state index is 14.7. The summed E-state index contributed by atoms with van der Waals surface area (Å²) in [4.78, 5) is 91.5. The van der Waals surface area contributed by atoms with Gasteiger partial charge < -0.3 is 44.5 Å². The highest BCUT2D eigenvalue weighted by Crippen LogP contribution is 2.42. The van der Waals surface area contributed by atoms with Crippen LogP contribution in [-0.2, 0) is 44.7 Å². The van der Waals surface area contributed by atoms with Crippen molar-refractivity contribution in [2.45, 2.75) is 178 Å². The maximum absolute atomic E-state index is 14.7. The van der Waals surface area contributed by atoms with E-state index in [-0.39, 0.29) is 59.9 Å². The minimum atomic E-state index is -1.000. The molecule has 1 heterocycles. The Hall–Kier alpha value is -5.34. The van der Waals surface area contributed by atoms with Crippen LogP contribution in [0.4, 0.5) is 15.3 Å². The fourth-order valence-electron chi connectivity index (χ4n) is 11.0. The van der Waals surface area contributed by atoms with Gasteiger partial charge in [-0.3, -0.25) is 29.0 Å². The van der Waals surface area contributed by atoms with E-state index in [4.69, 9.17) is 18.9 Å². The van der Waals surface area contributed by atoms with Crippen molar-refractivity contribution in [3.8, 4) is 0 Å². The third kappa shape index (κ3) is 17.6. The minimum absolute atomic E-state index is 0.0521. The van der Waals surface area contributed by atoms with Gasteiger partial charge in [-0.1, -0.05) is 144 Å². The van der Waals surface area contributed by atoms with Crippen LogP contribution >= 0.6 is 21.6 Å². The number of hydrogen-bond donors (Lipinski definition) is 3. The quantitative estimate of drug-likeness (QED) is 0.0611. The molecule has 0 unspecified atom stereocenters. The fourth-order valence-corrected chi connectivity index (χ4v) is 13.7. The molecule has 80 heavy (non-hydrogen) atoms. The topological polar surface area (TPSA) is 197 Å². The third-order valence-electron chi connectivity index (χ3n) is 15.9. The number of nitrogens with zero attached hydrogens (tertiary/aromatic N) is 4. The van der Waals surface area contributed by atoms with E-state index in [1.165, 1.54) is 31.1 Å². The largest absolute Gasteiger partial charge is 0.445 e. The standard InChI is InChI=1S/C61H90N6O11S2/c1-14-40(6)54(49(75-12)36-51(68)67-35-23-28-47(67)56(76-13)41(7)57(70)62-42(8)55(69)44-24-17-15-18-25-44)65(10)59(72)52(38(2)3)63-58(71)53(39(4)5)66(11)60(73)77-37-43-31-33-45(34-32-43)64(9)61(74)78-48-29-21-22-30-50(48)80-79-46-26-19-16-20-27-46/h15-20,24-27,31-34,38-42,47-50,52-56,69H,14,21-23,28-30,35-37H2,1-13H3,(H,62,70)(H,63,71)/t40-,41+,42+,47-,48-,49+,50-,52-,53-,54-,55+,56+/m0/s1.